The third-order valence-corrected chi connectivity index (χ3v) is 10.6. The Morgan fingerprint density at radius 3 is 2.07 bits per heavy atom. The van der Waals surface area contributed by atoms with Crippen molar-refractivity contribution in [2.75, 3.05) is 11.9 Å². The first-order valence-electron chi connectivity index (χ1n) is 19.9. The fourth-order valence-corrected chi connectivity index (χ4v) is 8.18. The summed E-state index contributed by atoms with van der Waals surface area (Å²) in [5.74, 6) is 0.452. The summed E-state index contributed by atoms with van der Waals surface area (Å²) in [6.07, 6.45) is 26.0. The second-order valence-electron chi connectivity index (χ2n) is 14.4. The van der Waals surface area contributed by atoms with Gasteiger partial charge in [0, 0.05) is 23.8 Å². The topological polar surface area (TPSA) is 3.24 Å². The van der Waals surface area contributed by atoms with Crippen LogP contribution >= 0.6 is 0 Å². The average Bonchev–Trinajstić information content (AvgIpc) is 3.57. The molecule has 1 nitrogen and oxygen atoms in total. The van der Waals surface area contributed by atoms with Gasteiger partial charge in [-0.05, 0) is 105 Å². The molecule has 0 fully saturated rings. The van der Waals surface area contributed by atoms with E-state index in [0.717, 1.165) is 19.3 Å². The minimum Gasteiger partial charge on any atom is -0.345 e. The zero-order valence-corrected chi connectivity index (χ0v) is 33.3. The standard InChI is InChI=1S/C39H36.C13H13N.C2H6/c1-4-14-31(35-22-13-18-29-15-6-9-20-34(29)35)26-32-27-39(38-24-12-10-21-36(32)38)33(25-28(2)3)19-8-5-16-30-17-7-11-23-37(30)39;1-14(12-8-4-2-5-9-12)13-10-6-3-7-11-13;1-2/h4-9,11-20,22-26,28H,1,10,21,27H2,2-3H3;2-11H,1H3;1-2H3/b16-5-,19-8-,31-14+,32-26+,33-25-;;. The van der Waals surface area contributed by atoms with Crippen LogP contribution in [0.25, 0.3) is 22.4 Å². The molecule has 0 saturated heterocycles. The smallest absolute Gasteiger partial charge is 0.0497 e. The van der Waals surface area contributed by atoms with Gasteiger partial charge >= 0.3 is 0 Å². The van der Waals surface area contributed by atoms with Gasteiger partial charge in [0.2, 0.25) is 0 Å². The quantitative estimate of drug-likeness (QED) is 0.158. The lowest BCUT2D eigenvalue weighted by Crippen LogP contribution is -2.29. The molecule has 1 heteroatoms. The normalized spacial score (nSPS) is 19.8. The first-order chi connectivity index (χ1) is 27.0. The van der Waals surface area contributed by atoms with Crippen LogP contribution in [-0.2, 0) is 5.41 Å². The van der Waals surface area contributed by atoms with Gasteiger partial charge in [0.1, 0.15) is 0 Å². The molecule has 0 heterocycles. The molecule has 1 unspecified atom stereocenters. The van der Waals surface area contributed by atoms with E-state index in [4.69, 9.17) is 0 Å². The Labute approximate surface area is 330 Å². The van der Waals surface area contributed by atoms with Gasteiger partial charge in [-0.3, -0.25) is 0 Å². The fraction of sp³-hybridized carbons (Fsp3) is 0.185. The van der Waals surface area contributed by atoms with Gasteiger partial charge in [0.15, 0.2) is 0 Å². The van der Waals surface area contributed by atoms with Crippen LogP contribution in [0, 0.1) is 5.92 Å². The molecule has 0 bridgehead atoms. The molecule has 0 aromatic heterocycles. The van der Waals surface area contributed by atoms with E-state index in [9.17, 15) is 0 Å². The minimum atomic E-state index is -0.210. The Balaban J connectivity index is 0.000000269. The highest BCUT2D eigenvalue weighted by Gasteiger charge is 2.47. The van der Waals surface area contributed by atoms with Gasteiger partial charge in [-0.15, -0.1) is 0 Å². The number of para-hydroxylation sites is 2. The van der Waals surface area contributed by atoms with Crippen LogP contribution in [-0.4, -0.2) is 7.05 Å². The Morgan fingerprint density at radius 2 is 1.36 bits per heavy atom. The van der Waals surface area contributed by atoms with E-state index in [-0.39, 0.29) is 5.41 Å². The van der Waals surface area contributed by atoms with E-state index in [1.807, 2.05) is 32.1 Å². The van der Waals surface area contributed by atoms with Crippen molar-refractivity contribution in [2.45, 2.75) is 52.4 Å². The van der Waals surface area contributed by atoms with Crippen molar-refractivity contribution in [1.29, 1.82) is 0 Å². The number of benzene rings is 5. The summed E-state index contributed by atoms with van der Waals surface area (Å²) in [6.45, 7) is 12.7. The molecule has 1 atom stereocenters. The van der Waals surface area contributed by atoms with Crippen LogP contribution in [0.5, 0.6) is 0 Å². The number of hydrogen-bond acceptors (Lipinski definition) is 1. The highest BCUT2D eigenvalue weighted by atomic mass is 15.1. The molecular formula is C54H55N. The molecule has 3 aliphatic carbocycles. The number of nitrogens with zero attached hydrogens (tertiary/aromatic N) is 1. The highest BCUT2D eigenvalue weighted by Crippen LogP contribution is 2.57. The van der Waals surface area contributed by atoms with Crippen LogP contribution in [0.1, 0.15) is 63.6 Å². The lowest BCUT2D eigenvalue weighted by molar-refractivity contribution is 0.626. The van der Waals surface area contributed by atoms with Crippen molar-refractivity contribution >= 4 is 33.8 Å². The Hall–Kier alpha value is -5.92. The van der Waals surface area contributed by atoms with Crippen molar-refractivity contribution in [2.24, 2.45) is 5.92 Å². The zero-order chi connectivity index (χ0) is 38.6. The van der Waals surface area contributed by atoms with E-state index in [1.54, 1.807) is 0 Å². The van der Waals surface area contributed by atoms with Crippen LogP contribution < -0.4 is 4.90 Å². The second-order valence-corrected chi connectivity index (χ2v) is 14.4. The predicted molar refractivity (Wildman–Crippen MR) is 242 cm³/mol. The zero-order valence-electron chi connectivity index (χ0n) is 33.3. The van der Waals surface area contributed by atoms with Crippen molar-refractivity contribution in [3.8, 4) is 0 Å². The monoisotopic (exact) mass is 717 g/mol. The highest BCUT2D eigenvalue weighted by molar-refractivity contribution is 5.97. The SMILES string of the molecule is C=C/C=C(\C=C1/CC2(C3=C1CCC=C3)C(=C\C(C)C)/C=C\C=C/c1ccccc12)c1cccc2ccccc12.CC.CN(c1ccccc1)c1ccccc1. The number of anilines is 2. The Kier molecular flexibility index (Phi) is 13.0. The molecule has 0 N–H and O–H groups in total. The number of fused-ring (bicyclic) bond motifs is 4. The van der Waals surface area contributed by atoms with Crippen LogP contribution in [0.3, 0.4) is 0 Å². The van der Waals surface area contributed by atoms with Crippen LogP contribution in [0.2, 0.25) is 0 Å². The average molecular weight is 718 g/mol. The lowest BCUT2D eigenvalue weighted by atomic mass is 9.65. The Morgan fingerprint density at radius 1 is 0.727 bits per heavy atom. The lowest BCUT2D eigenvalue weighted by Gasteiger charge is -2.37. The summed E-state index contributed by atoms with van der Waals surface area (Å²) in [5, 5.41) is 2.54. The van der Waals surface area contributed by atoms with Crippen molar-refractivity contribution < 1.29 is 0 Å². The number of rotatable bonds is 6. The molecular weight excluding hydrogens is 663 g/mol. The van der Waals surface area contributed by atoms with Crippen molar-refractivity contribution in [3.05, 3.63) is 228 Å². The molecule has 0 saturated carbocycles. The number of allylic oxidation sites excluding steroid dienone is 14. The number of hydrogen-bond donors (Lipinski definition) is 0. The third-order valence-electron chi connectivity index (χ3n) is 10.6. The van der Waals surface area contributed by atoms with Crippen molar-refractivity contribution in [1.82, 2.24) is 0 Å². The largest absolute Gasteiger partial charge is 0.345 e. The molecule has 0 aliphatic heterocycles. The minimum absolute atomic E-state index is 0.210. The maximum atomic E-state index is 4.09. The maximum absolute atomic E-state index is 4.09. The first kappa shape index (κ1) is 38.8. The molecule has 8 rings (SSSR count). The van der Waals surface area contributed by atoms with E-state index in [0.29, 0.717) is 5.92 Å². The van der Waals surface area contributed by atoms with E-state index < -0.39 is 0 Å². The molecule has 1 spiro atoms. The summed E-state index contributed by atoms with van der Waals surface area (Å²) >= 11 is 0. The van der Waals surface area contributed by atoms with Crippen molar-refractivity contribution in [3.63, 3.8) is 0 Å². The fourth-order valence-electron chi connectivity index (χ4n) is 8.18. The van der Waals surface area contributed by atoms with E-state index in [1.165, 1.54) is 66.7 Å². The summed E-state index contributed by atoms with van der Waals surface area (Å²) in [7, 11) is 2.07. The molecule has 3 aliphatic rings. The maximum Gasteiger partial charge on any atom is 0.0497 e. The Bertz CT molecular complexity index is 2260. The van der Waals surface area contributed by atoms with Gasteiger partial charge in [-0.1, -0.05) is 198 Å². The summed E-state index contributed by atoms with van der Waals surface area (Å²) in [6, 6.07) is 45.0. The van der Waals surface area contributed by atoms with Crippen LogP contribution in [0.4, 0.5) is 11.4 Å². The van der Waals surface area contributed by atoms with Gasteiger partial charge in [-0.2, -0.15) is 0 Å². The first-order valence-corrected chi connectivity index (χ1v) is 19.9. The van der Waals surface area contributed by atoms with Gasteiger partial charge in [0.05, 0.1) is 0 Å². The third kappa shape index (κ3) is 8.43. The summed E-state index contributed by atoms with van der Waals surface area (Å²) < 4.78 is 0. The predicted octanol–water partition coefficient (Wildman–Crippen LogP) is 15.0. The van der Waals surface area contributed by atoms with Gasteiger partial charge < -0.3 is 4.90 Å². The second kappa shape index (κ2) is 18.4. The van der Waals surface area contributed by atoms with Crippen LogP contribution in [0.15, 0.2) is 211 Å². The molecule has 5 aromatic carbocycles. The molecule has 0 radical (unpaired) electrons. The van der Waals surface area contributed by atoms with Gasteiger partial charge in [0.25, 0.3) is 0 Å². The van der Waals surface area contributed by atoms with E-state index >= 15 is 0 Å². The summed E-state index contributed by atoms with van der Waals surface area (Å²) in [5.41, 5.74) is 13.2. The molecule has 55 heavy (non-hydrogen) atoms. The molecule has 0 amide bonds. The molecule has 5 aromatic rings. The molecule has 276 valence electrons. The van der Waals surface area contributed by atoms with Gasteiger partial charge in [-0.25, -0.2) is 0 Å². The van der Waals surface area contributed by atoms with E-state index in [2.05, 4.69) is 202 Å². The summed E-state index contributed by atoms with van der Waals surface area (Å²) in [4.78, 5) is 2.17.